The van der Waals surface area contributed by atoms with Crippen molar-refractivity contribution in [3.8, 4) is 0 Å². The molecule has 0 aromatic rings. The van der Waals surface area contributed by atoms with E-state index in [2.05, 4.69) is 27.7 Å². The third-order valence-corrected chi connectivity index (χ3v) is 3.06. The summed E-state index contributed by atoms with van der Waals surface area (Å²) in [6, 6.07) is 0. The molecule has 0 aliphatic heterocycles. The number of ether oxygens (including phenoxy) is 2. The lowest BCUT2D eigenvalue weighted by Crippen LogP contribution is -2.10. The van der Waals surface area contributed by atoms with Crippen LogP contribution in [0.4, 0.5) is 0 Å². The van der Waals surface area contributed by atoms with Crippen molar-refractivity contribution in [3.63, 3.8) is 0 Å². The molecule has 0 rings (SSSR count). The number of rotatable bonds is 8. The summed E-state index contributed by atoms with van der Waals surface area (Å²) in [5.74, 6) is 0.000194. The van der Waals surface area contributed by atoms with Gasteiger partial charge >= 0.3 is 11.9 Å². The normalized spacial score (nSPS) is 11.8. The Morgan fingerprint density at radius 3 is 1.95 bits per heavy atom. The van der Waals surface area contributed by atoms with Crippen molar-refractivity contribution in [1.29, 1.82) is 0 Å². The molecular weight excluding hydrogens is 359 g/mol. The molecule has 0 radical (unpaired) electrons. The smallest absolute Gasteiger partial charge is 0.344 e. The highest BCUT2D eigenvalue weighted by molar-refractivity contribution is 14.1. The zero-order valence-electron chi connectivity index (χ0n) is 12.1. The fourth-order valence-corrected chi connectivity index (χ4v) is 1.47. The highest BCUT2D eigenvalue weighted by Gasteiger charge is 2.11. The van der Waals surface area contributed by atoms with Crippen molar-refractivity contribution in [2.45, 2.75) is 40.5 Å². The predicted octanol–water partition coefficient (Wildman–Crippen LogP) is 3.48. The lowest BCUT2D eigenvalue weighted by atomic mass is 10.1. The van der Waals surface area contributed by atoms with Crippen molar-refractivity contribution in [2.75, 3.05) is 13.2 Å². The van der Waals surface area contributed by atoms with Crippen LogP contribution in [-0.2, 0) is 19.1 Å². The first-order valence-corrected chi connectivity index (χ1v) is 7.61. The molecule has 0 bridgehead atoms. The molecular formula is C14H23IO4. The second kappa shape index (κ2) is 10.2. The summed E-state index contributed by atoms with van der Waals surface area (Å²) in [7, 11) is 0. The topological polar surface area (TPSA) is 52.6 Å². The zero-order valence-corrected chi connectivity index (χ0v) is 14.2. The van der Waals surface area contributed by atoms with Crippen LogP contribution in [0.3, 0.4) is 0 Å². The summed E-state index contributed by atoms with van der Waals surface area (Å²) in [6.07, 6.45) is 2.81. The molecule has 0 aliphatic carbocycles. The maximum atomic E-state index is 11.5. The van der Waals surface area contributed by atoms with Gasteiger partial charge in [0.2, 0.25) is 0 Å². The monoisotopic (exact) mass is 382 g/mol. The molecule has 0 unspecified atom stereocenters. The zero-order chi connectivity index (χ0) is 14.8. The van der Waals surface area contributed by atoms with Gasteiger partial charge in [-0.15, -0.1) is 0 Å². The Morgan fingerprint density at radius 1 is 1.00 bits per heavy atom. The Morgan fingerprint density at radius 2 is 1.47 bits per heavy atom. The van der Waals surface area contributed by atoms with Gasteiger partial charge in [-0.05, 0) is 47.3 Å². The minimum absolute atomic E-state index is 0.246. The molecule has 0 spiro atoms. The van der Waals surface area contributed by atoms with Crippen LogP contribution in [0.15, 0.2) is 9.66 Å². The molecule has 110 valence electrons. The fourth-order valence-electron chi connectivity index (χ4n) is 1.06. The van der Waals surface area contributed by atoms with Crippen molar-refractivity contribution >= 4 is 34.5 Å². The van der Waals surface area contributed by atoms with Crippen LogP contribution in [0.2, 0.25) is 0 Å². The second-order valence-corrected chi connectivity index (χ2v) is 6.32. The number of carbonyl (C=O) groups is 2. The summed E-state index contributed by atoms with van der Waals surface area (Å²) in [5, 5.41) is 0. The van der Waals surface area contributed by atoms with E-state index in [9.17, 15) is 9.59 Å². The first-order chi connectivity index (χ1) is 8.82. The molecule has 5 heteroatoms. The van der Waals surface area contributed by atoms with Gasteiger partial charge in [-0.3, -0.25) is 0 Å². The molecule has 0 aliphatic rings. The van der Waals surface area contributed by atoms with Gasteiger partial charge in [0, 0.05) is 6.08 Å². The van der Waals surface area contributed by atoms with Crippen LogP contribution in [0.25, 0.3) is 0 Å². The first-order valence-electron chi connectivity index (χ1n) is 6.54. The van der Waals surface area contributed by atoms with Crippen LogP contribution in [0.5, 0.6) is 0 Å². The van der Waals surface area contributed by atoms with Crippen LogP contribution >= 0.6 is 22.6 Å². The van der Waals surface area contributed by atoms with Gasteiger partial charge in [-0.25, -0.2) is 9.59 Å². The maximum absolute atomic E-state index is 11.5. The van der Waals surface area contributed by atoms with Gasteiger partial charge in [0.1, 0.15) is 3.58 Å². The summed E-state index contributed by atoms with van der Waals surface area (Å²) in [5.41, 5.74) is 0. The maximum Gasteiger partial charge on any atom is 0.344 e. The Bertz CT molecular complexity index is 321. The van der Waals surface area contributed by atoms with Crippen LogP contribution in [0.1, 0.15) is 40.5 Å². The fraction of sp³-hybridized carbons (Fsp3) is 0.714. The van der Waals surface area contributed by atoms with Crippen LogP contribution in [0, 0.1) is 11.8 Å². The lowest BCUT2D eigenvalue weighted by Gasteiger charge is -2.07. The highest BCUT2D eigenvalue weighted by Crippen LogP contribution is 2.10. The molecule has 0 aromatic carbocycles. The van der Waals surface area contributed by atoms with Gasteiger partial charge in [0.25, 0.3) is 0 Å². The molecule has 0 heterocycles. The third kappa shape index (κ3) is 11.0. The molecule has 0 saturated carbocycles. The van der Waals surface area contributed by atoms with Gasteiger partial charge in [-0.2, -0.15) is 0 Å². The molecule has 0 amide bonds. The minimum Gasteiger partial charge on any atom is -0.462 e. The van der Waals surface area contributed by atoms with Gasteiger partial charge < -0.3 is 9.47 Å². The second-order valence-electron chi connectivity index (χ2n) is 5.16. The van der Waals surface area contributed by atoms with E-state index in [1.165, 1.54) is 6.08 Å². The van der Waals surface area contributed by atoms with E-state index in [0.29, 0.717) is 25.0 Å². The summed E-state index contributed by atoms with van der Waals surface area (Å²) in [6.45, 7) is 8.97. The predicted molar refractivity (Wildman–Crippen MR) is 82.9 cm³/mol. The molecule has 4 nitrogen and oxygen atoms in total. The summed E-state index contributed by atoms with van der Waals surface area (Å²) in [4.78, 5) is 22.9. The number of esters is 2. The van der Waals surface area contributed by atoms with E-state index >= 15 is 0 Å². The van der Waals surface area contributed by atoms with Gasteiger partial charge in [0.05, 0.1) is 13.2 Å². The Kier molecular flexibility index (Phi) is 9.91. The number of hydrogen-bond acceptors (Lipinski definition) is 4. The largest absolute Gasteiger partial charge is 0.462 e. The van der Waals surface area contributed by atoms with E-state index in [-0.39, 0.29) is 3.58 Å². The minimum atomic E-state index is -0.495. The Hall–Kier alpha value is -0.590. The Labute approximate surface area is 129 Å². The van der Waals surface area contributed by atoms with Crippen molar-refractivity contribution in [3.05, 3.63) is 9.66 Å². The number of hydrogen-bond donors (Lipinski definition) is 0. The molecule has 0 fully saturated rings. The first kappa shape index (κ1) is 18.4. The summed E-state index contributed by atoms with van der Waals surface area (Å²) >= 11 is 1.79. The molecule has 0 saturated heterocycles. The van der Waals surface area contributed by atoms with E-state index < -0.39 is 11.9 Å². The third-order valence-electron chi connectivity index (χ3n) is 2.31. The average molecular weight is 382 g/mol. The average Bonchev–Trinajstić information content (AvgIpc) is 2.27. The SMILES string of the molecule is CC(C)CCOC(=O)/C=C(/I)C(=O)OCCC(C)C. The molecule has 19 heavy (non-hydrogen) atoms. The lowest BCUT2D eigenvalue weighted by molar-refractivity contribution is -0.141. The Balaban J connectivity index is 4.01. The van der Waals surface area contributed by atoms with Gasteiger partial charge in [-0.1, -0.05) is 27.7 Å². The standard InChI is InChI=1S/C14H23IO4/c1-10(2)5-7-18-13(16)9-12(15)14(17)19-8-6-11(3)4/h9-11H,5-8H2,1-4H3/b12-9+. The van der Waals surface area contributed by atoms with E-state index in [1.807, 2.05) is 0 Å². The van der Waals surface area contributed by atoms with Crippen molar-refractivity contribution in [1.82, 2.24) is 0 Å². The van der Waals surface area contributed by atoms with E-state index in [0.717, 1.165) is 12.8 Å². The highest BCUT2D eigenvalue weighted by atomic mass is 127. The van der Waals surface area contributed by atoms with Crippen molar-refractivity contribution in [2.24, 2.45) is 11.8 Å². The van der Waals surface area contributed by atoms with Gasteiger partial charge in [0.15, 0.2) is 0 Å². The van der Waals surface area contributed by atoms with Crippen molar-refractivity contribution < 1.29 is 19.1 Å². The van der Waals surface area contributed by atoms with Crippen LogP contribution in [-0.4, -0.2) is 25.2 Å². The van der Waals surface area contributed by atoms with Crippen LogP contribution < -0.4 is 0 Å². The van der Waals surface area contributed by atoms with E-state index in [4.69, 9.17) is 9.47 Å². The molecule has 0 atom stereocenters. The van der Waals surface area contributed by atoms with E-state index in [1.54, 1.807) is 22.6 Å². The molecule has 0 N–H and O–H groups in total. The quantitative estimate of drug-likeness (QED) is 0.367. The number of halogens is 1. The molecule has 0 aromatic heterocycles. The summed E-state index contributed by atoms with van der Waals surface area (Å²) < 4.78 is 10.3. The number of carbonyl (C=O) groups excluding carboxylic acids is 2.